The summed E-state index contributed by atoms with van der Waals surface area (Å²) in [5.41, 5.74) is 1.11. The SMILES string of the molecule is CN(Cc1ccsc1)C(=O)C[NH+]1CCN(S(=O)(=O)c2ccc(F)cc2)CC1. The summed E-state index contributed by atoms with van der Waals surface area (Å²) in [6.07, 6.45) is 0. The van der Waals surface area contributed by atoms with Gasteiger partial charge in [-0.15, -0.1) is 0 Å². The highest BCUT2D eigenvalue weighted by atomic mass is 32.2. The summed E-state index contributed by atoms with van der Waals surface area (Å²) < 4.78 is 39.7. The molecule has 0 radical (unpaired) electrons. The molecule has 9 heteroatoms. The van der Waals surface area contributed by atoms with E-state index in [2.05, 4.69) is 0 Å². The van der Waals surface area contributed by atoms with E-state index < -0.39 is 15.8 Å². The Morgan fingerprint density at radius 2 is 1.89 bits per heavy atom. The van der Waals surface area contributed by atoms with Gasteiger partial charge in [0.2, 0.25) is 10.0 Å². The third-order valence-electron chi connectivity index (χ3n) is 4.71. The van der Waals surface area contributed by atoms with Gasteiger partial charge in [-0.1, -0.05) is 0 Å². The molecular formula is C18H23FN3O3S2+. The highest BCUT2D eigenvalue weighted by Gasteiger charge is 2.31. The number of halogens is 1. The summed E-state index contributed by atoms with van der Waals surface area (Å²) in [5.74, 6) is -0.417. The van der Waals surface area contributed by atoms with Gasteiger partial charge < -0.3 is 9.80 Å². The monoisotopic (exact) mass is 412 g/mol. The average Bonchev–Trinajstić information content (AvgIpc) is 3.15. The fourth-order valence-corrected chi connectivity index (χ4v) is 5.17. The number of benzene rings is 1. The van der Waals surface area contributed by atoms with Crippen LogP contribution < -0.4 is 4.90 Å². The van der Waals surface area contributed by atoms with Crippen LogP contribution in [0, 0.1) is 5.82 Å². The van der Waals surface area contributed by atoms with E-state index in [-0.39, 0.29) is 10.8 Å². The molecule has 146 valence electrons. The van der Waals surface area contributed by atoms with Gasteiger partial charge in [0, 0.05) is 13.6 Å². The van der Waals surface area contributed by atoms with Crippen LogP contribution in [-0.2, 0) is 21.4 Å². The fourth-order valence-electron chi connectivity index (χ4n) is 3.07. The number of nitrogens with one attached hydrogen (secondary N) is 1. The molecule has 1 aliphatic rings. The Kier molecular flexibility index (Phi) is 6.25. The van der Waals surface area contributed by atoms with Crippen molar-refractivity contribution in [1.82, 2.24) is 9.21 Å². The zero-order valence-corrected chi connectivity index (χ0v) is 16.7. The second kappa shape index (κ2) is 8.47. The summed E-state index contributed by atoms with van der Waals surface area (Å²) in [6, 6.07) is 6.87. The molecule has 2 heterocycles. The number of carbonyl (C=O) groups excluding carboxylic acids is 1. The number of rotatable bonds is 6. The first kappa shape index (κ1) is 19.9. The maximum atomic E-state index is 13.0. The van der Waals surface area contributed by atoms with Crippen molar-refractivity contribution in [2.75, 3.05) is 39.8 Å². The molecular weight excluding hydrogens is 389 g/mol. The van der Waals surface area contributed by atoms with E-state index in [1.165, 1.54) is 16.4 Å². The molecule has 1 aromatic carbocycles. The third kappa shape index (κ3) is 4.92. The molecule has 1 N–H and O–H groups in total. The second-order valence-corrected chi connectivity index (χ2v) is 9.38. The van der Waals surface area contributed by atoms with Crippen molar-refractivity contribution in [2.45, 2.75) is 11.4 Å². The molecule has 1 fully saturated rings. The van der Waals surface area contributed by atoms with E-state index in [1.807, 2.05) is 16.8 Å². The van der Waals surface area contributed by atoms with Crippen LogP contribution in [0.2, 0.25) is 0 Å². The molecule has 0 aliphatic carbocycles. The molecule has 0 saturated carbocycles. The highest BCUT2D eigenvalue weighted by molar-refractivity contribution is 7.89. The Morgan fingerprint density at radius 1 is 1.22 bits per heavy atom. The summed E-state index contributed by atoms with van der Waals surface area (Å²) in [7, 11) is -1.84. The molecule has 0 bridgehead atoms. The predicted molar refractivity (Wildman–Crippen MR) is 102 cm³/mol. The summed E-state index contributed by atoms with van der Waals surface area (Å²) in [5, 5.41) is 4.01. The van der Waals surface area contributed by atoms with Gasteiger partial charge in [0.25, 0.3) is 5.91 Å². The van der Waals surface area contributed by atoms with Crippen molar-refractivity contribution in [1.29, 1.82) is 0 Å². The Bertz CT molecular complexity index is 862. The first-order chi connectivity index (χ1) is 12.9. The van der Waals surface area contributed by atoms with Gasteiger partial charge in [-0.05, 0) is 46.7 Å². The Hall–Kier alpha value is -1.81. The zero-order chi connectivity index (χ0) is 19.4. The quantitative estimate of drug-likeness (QED) is 0.749. The van der Waals surface area contributed by atoms with Gasteiger partial charge in [0.1, 0.15) is 5.82 Å². The van der Waals surface area contributed by atoms with Crippen molar-refractivity contribution in [2.24, 2.45) is 0 Å². The Balaban J connectivity index is 1.52. The van der Waals surface area contributed by atoms with Gasteiger partial charge in [-0.25, -0.2) is 12.8 Å². The van der Waals surface area contributed by atoms with E-state index in [9.17, 15) is 17.6 Å². The molecule has 2 aromatic rings. The van der Waals surface area contributed by atoms with Gasteiger partial charge in [-0.3, -0.25) is 4.79 Å². The van der Waals surface area contributed by atoms with Crippen LogP contribution in [-0.4, -0.2) is 63.3 Å². The summed E-state index contributed by atoms with van der Waals surface area (Å²) in [4.78, 5) is 15.3. The average molecular weight is 413 g/mol. The summed E-state index contributed by atoms with van der Waals surface area (Å²) in [6.45, 7) is 2.76. The maximum Gasteiger partial charge on any atom is 0.277 e. The molecule has 0 unspecified atom stereocenters. The van der Waals surface area contributed by atoms with Gasteiger partial charge in [0.05, 0.1) is 31.1 Å². The van der Waals surface area contributed by atoms with E-state index in [0.29, 0.717) is 39.3 Å². The molecule has 0 spiro atoms. The molecule has 1 aliphatic heterocycles. The minimum Gasteiger partial charge on any atom is -0.337 e. The molecule has 0 atom stereocenters. The number of sulfonamides is 1. The van der Waals surface area contributed by atoms with Crippen molar-refractivity contribution in [3.8, 4) is 0 Å². The van der Waals surface area contributed by atoms with Gasteiger partial charge in [0.15, 0.2) is 6.54 Å². The number of amides is 1. The summed E-state index contributed by atoms with van der Waals surface area (Å²) >= 11 is 1.60. The van der Waals surface area contributed by atoms with Crippen LogP contribution in [0.25, 0.3) is 0 Å². The van der Waals surface area contributed by atoms with E-state index in [1.54, 1.807) is 23.3 Å². The smallest absolute Gasteiger partial charge is 0.277 e. The molecule has 3 rings (SSSR count). The van der Waals surface area contributed by atoms with Crippen LogP contribution in [0.4, 0.5) is 4.39 Å². The topological polar surface area (TPSA) is 62.1 Å². The standard InChI is InChI=1S/C18H22FN3O3S2/c1-20(12-15-6-11-26-14-15)18(23)13-21-7-9-22(10-8-21)27(24,25)17-4-2-16(19)3-5-17/h2-6,11,14H,7-10,12-13H2,1H3/p+1. The largest absolute Gasteiger partial charge is 0.337 e. The number of hydrogen-bond donors (Lipinski definition) is 1. The van der Waals surface area contributed by atoms with Crippen LogP contribution in [0.5, 0.6) is 0 Å². The van der Waals surface area contributed by atoms with Crippen LogP contribution in [0.1, 0.15) is 5.56 Å². The molecule has 1 saturated heterocycles. The predicted octanol–water partition coefficient (Wildman–Crippen LogP) is 0.435. The molecule has 1 aromatic heterocycles. The second-order valence-electron chi connectivity index (χ2n) is 6.67. The lowest BCUT2D eigenvalue weighted by Crippen LogP contribution is -3.15. The molecule has 6 nitrogen and oxygen atoms in total. The first-order valence-corrected chi connectivity index (χ1v) is 11.1. The normalized spacial score (nSPS) is 16.4. The number of thiophene rings is 1. The van der Waals surface area contributed by atoms with Crippen molar-refractivity contribution in [3.05, 3.63) is 52.5 Å². The molecule has 1 amide bonds. The lowest BCUT2D eigenvalue weighted by atomic mass is 10.3. The number of piperazine rings is 1. The Labute approximate surface area is 162 Å². The Morgan fingerprint density at radius 3 is 2.48 bits per heavy atom. The maximum absolute atomic E-state index is 13.0. The lowest BCUT2D eigenvalue weighted by molar-refractivity contribution is -0.896. The third-order valence-corrected chi connectivity index (χ3v) is 7.35. The minimum absolute atomic E-state index is 0.0473. The van der Waals surface area contributed by atoms with Crippen LogP contribution in [0.3, 0.4) is 0 Å². The number of likely N-dealkylation sites (N-methyl/N-ethyl adjacent to an activating group) is 1. The van der Waals surface area contributed by atoms with Gasteiger partial charge >= 0.3 is 0 Å². The minimum atomic E-state index is -3.62. The fraction of sp³-hybridized carbons (Fsp3) is 0.389. The first-order valence-electron chi connectivity index (χ1n) is 8.70. The highest BCUT2D eigenvalue weighted by Crippen LogP contribution is 2.16. The lowest BCUT2D eigenvalue weighted by Gasteiger charge is -2.32. The van der Waals surface area contributed by atoms with Crippen LogP contribution >= 0.6 is 11.3 Å². The van der Waals surface area contributed by atoms with E-state index in [4.69, 9.17) is 0 Å². The van der Waals surface area contributed by atoms with Crippen molar-refractivity contribution >= 4 is 27.3 Å². The van der Waals surface area contributed by atoms with Crippen molar-refractivity contribution < 1.29 is 22.5 Å². The zero-order valence-electron chi connectivity index (χ0n) is 15.1. The van der Waals surface area contributed by atoms with Crippen molar-refractivity contribution in [3.63, 3.8) is 0 Å². The van der Waals surface area contributed by atoms with Crippen LogP contribution in [0.15, 0.2) is 46.0 Å². The van der Waals surface area contributed by atoms with Gasteiger partial charge in [-0.2, -0.15) is 15.6 Å². The molecule has 27 heavy (non-hydrogen) atoms. The number of quaternary nitrogens is 1. The number of hydrogen-bond acceptors (Lipinski definition) is 4. The number of nitrogens with zero attached hydrogens (tertiary/aromatic N) is 2. The van der Waals surface area contributed by atoms with E-state index >= 15 is 0 Å². The van der Waals surface area contributed by atoms with E-state index in [0.717, 1.165) is 22.6 Å². The number of carbonyl (C=O) groups is 1.